The molecule has 0 aliphatic heterocycles. The Morgan fingerprint density at radius 2 is 2.04 bits per heavy atom. The van der Waals surface area contributed by atoms with Crippen LogP contribution in [-0.2, 0) is 12.8 Å². The van der Waals surface area contributed by atoms with Crippen LogP contribution in [0.25, 0.3) is 11.6 Å². The number of H-pyrrole nitrogens is 1. The molecule has 3 N–H and O–H groups in total. The Morgan fingerprint density at radius 3 is 2.75 bits per heavy atom. The Kier molecular flexibility index (Phi) is 7.06. The van der Waals surface area contributed by atoms with Crippen LogP contribution in [0.4, 0.5) is 0 Å². The molecule has 0 saturated heterocycles. The minimum absolute atomic E-state index is 0.563. The number of guanidine groups is 1. The van der Waals surface area contributed by atoms with Crippen molar-refractivity contribution in [1.82, 2.24) is 25.8 Å². The number of aliphatic imine (C=N–C) groups is 1. The molecule has 0 aliphatic rings. The summed E-state index contributed by atoms with van der Waals surface area (Å²) in [5, 5.41) is 13.7. The van der Waals surface area contributed by atoms with Gasteiger partial charge in [-0.1, -0.05) is 12.1 Å². The number of rotatable bonds is 9. The average molecular weight is 382 g/mol. The molecule has 0 saturated carbocycles. The molecule has 0 unspecified atom stereocenters. The number of nitrogens with one attached hydrogen (secondary N) is 3. The van der Waals surface area contributed by atoms with Gasteiger partial charge in [-0.15, -0.1) is 0 Å². The van der Waals surface area contributed by atoms with Crippen LogP contribution >= 0.6 is 0 Å². The molecule has 28 heavy (non-hydrogen) atoms. The first-order valence-corrected chi connectivity index (χ1v) is 9.38. The van der Waals surface area contributed by atoms with Crippen molar-refractivity contribution in [2.24, 2.45) is 4.99 Å². The third-order valence-electron chi connectivity index (χ3n) is 4.10. The third kappa shape index (κ3) is 5.60. The number of hydrogen-bond acceptors (Lipinski definition) is 5. The van der Waals surface area contributed by atoms with Crippen LogP contribution in [0.2, 0.25) is 0 Å². The molecule has 1 aromatic carbocycles. The van der Waals surface area contributed by atoms with Crippen molar-refractivity contribution >= 4 is 5.96 Å². The molecule has 3 aromatic rings. The van der Waals surface area contributed by atoms with Gasteiger partial charge in [-0.05, 0) is 43.2 Å². The van der Waals surface area contributed by atoms with Gasteiger partial charge in [-0.2, -0.15) is 5.10 Å². The first kappa shape index (κ1) is 19.5. The molecule has 0 spiro atoms. The van der Waals surface area contributed by atoms with E-state index in [0.717, 1.165) is 37.0 Å². The van der Waals surface area contributed by atoms with Gasteiger partial charge in [0, 0.05) is 26.1 Å². The fraction of sp³-hybridized carbons (Fsp3) is 0.350. The molecular formula is C20H26N6O2. The van der Waals surface area contributed by atoms with E-state index < -0.39 is 0 Å². The maximum absolute atomic E-state index is 5.30. The van der Waals surface area contributed by atoms with E-state index in [9.17, 15) is 0 Å². The lowest BCUT2D eigenvalue weighted by atomic mass is 10.1. The van der Waals surface area contributed by atoms with Gasteiger partial charge < -0.3 is 19.8 Å². The second-order valence-corrected chi connectivity index (χ2v) is 6.12. The van der Waals surface area contributed by atoms with Crippen LogP contribution in [0.5, 0.6) is 5.75 Å². The highest BCUT2D eigenvalue weighted by atomic mass is 16.5. The molecule has 0 fully saturated rings. The predicted octanol–water partition coefficient (Wildman–Crippen LogP) is 2.41. The van der Waals surface area contributed by atoms with Gasteiger partial charge in [0.05, 0.1) is 13.4 Å². The smallest absolute Gasteiger partial charge is 0.216 e. The number of nitrogens with zero attached hydrogens (tertiary/aromatic N) is 3. The van der Waals surface area contributed by atoms with Crippen LogP contribution in [-0.4, -0.2) is 47.9 Å². The minimum atomic E-state index is 0.563. The van der Waals surface area contributed by atoms with Crippen LogP contribution in [0, 0.1) is 0 Å². The summed E-state index contributed by atoms with van der Waals surface area (Å²) in [5.41, 5.74) is 1.25. The summed E-state index contributed by atoms with van der Waals surface area (Å²) in [6.45, 7) is 4.25. The van der Waals surface area contributed by atoms with E-state index in [1.807, 2.05) is 31.2 Å². The van der Waals surface area contributed by atoms with Gasteiger partial charge in [0.15, 0.2) is 11.7 Å². The summed E-state index contributed by atoms with van der Waals surface area (Å²) < 4.78 is 10.5. The molecule has 3 rings (SSSR count). The van der Waals surface area contributed by atoms with E-state index in [0.29, 0.717) is 24.6 Å². The molecule has 0 atom stereocenters. The van der Waals surface area contributed by atoms with Crippen LogP contribution in [0.15, 0.2) is 52.1 Å². The fourth-order valence-electron chi connectivity index (χ4n) is 2.66. The predicted molar refractivity (Wildman–Crippen MR) is 108 cm³/mol. The second-order valence-electron chi connectivity index (χ2n) is 6.12. The maximum atomic E-state index is 5.30. The SMILES string of the molecule is CCNC(=NCCc1nc(-c2ccco2)n[nH]1)NCCc1ccc(OC)cc1. The molecule has 8 heteroatoms. The molecule has 148 valence electrons. The Hall–Kier alpha value is -3.29. The molecule has 0 radical (unpaired) electrons. The van der Waals surface area contributed by atoms with Crippen LogP contribution < -0.4 is 15.4 Å². The Labute approximate surface area is 164 Å². The van der Waals surface area contributed by atoms with E-state index in [-0.39, 0.29) is 0 Å². The number of hydrogen-bond donors (Lipinski definition) is 3. The van der Waals surface area contributed by atoms with Crippen LogP contribution in [0.3, 0.4) is 0 Å². The zero-order chi connectivity index (χ0) is 19.6. The van der Waals surface area contributed by atoms with Crippen molar-refractivity contribution in [3.05, 3.63) is 54.0 Å². The standard InChI is InChI=1S/C20H26N6O2/c1-3-21-20(22-12-10-15-6-8-16(27-2)9-7-15)23-13-11-18-24-19(26-25-18)17-5-4-14-28-17/h4-9,14H,3,10-13H2,1-2H3,(H2,21,22,23)(H,24,25,26). The molecule has 0 amide bonds. The number of furan rings is 1. The van der Waals surface area contributed by atoms with E-state index in [1.54, 1.807) is 13.4 Å². The number of benzene rings is 1. The lowest BCUT2D eigenvalue weighted by Gasteiger charge is -2.11. The topological polar surface area (TPSA) is 100 Å². The largest absolute Gasteiger partial charge is 0.497 e. The molecule has 0 bridgehead atoms. The van der Waals surface area contributed by atoms with Crippen LogP contribution in [0.1, 0.15) is 18.3 Å². The number of methoxy groups -OCH3 is 1. The summed E-state index contributed by atoms with van der Waals surface area (Å²) in [6, 6.07) is 11.7. The monoisotopic (exact) mass is 382 g/mol. The first-order chi connectivity index (χ1) is 13.8. The van der Waals surface area contributed by atoms with E-state index in [1.165, 1.54) is 5.56 Å². The molecule has 2 aromatic heterocycles. The van der Waals surface area contributed by atoms with Gasteiger partial charge in [0.1, 0.15) is 11.6 Å². The average Bonchev–Trinajstić information content (AvgIpc) is 3.40. The molecule has 8 nitrogen and oxygen atoms in total. The van der Waals surface area contributed by atoms with E-state index in [2.05, 4.69) is 42.9 Å². The Morgan fingerprint density at radius 1 is 1.18 bits per heavy atom. The van der Waals surface area contributed by atoms with Crippen molar-refractivity contribution in [1.29, 1.82) is 0 Å². The van der Waals surface area contributed by atoms with Gasteiger partial charge in [-0.25, -0.2) is 4.98 Å². The van der Waals surface area contributed by atoms with Crippen molar-refractivity contribution in [3.63, 3.8) is 0 Å². The zero-order valence-electron chi connectivity index (χ0n) is 16.2. The molecule has 0 aliphatic carbocycles. The van der Waals surface area contributed by atoms with Crippen molar-refractivity contribution in [3.8, 4) is 17.3 Å². The van der Waals surface area contributed by atoms with Gasteiger partial charge in [0.25, 0.3) is 0 Å². The summed E-state index contributed by atoms with van der Waals surface area (Å²) in [4.78, 5) is 9.03. The normalized spacial score (nSPS) is 11.4. The summed E-state index contributed by atoms with van der Waals surface area (Å²) in [5.74, 6) is 3.66. The Bertz CT molecular complexity index is 855. The number of ether oxygens (including phenoxy) is 1. The van der Waals surface area contributed by atoms with Gasteiger partial charge in [-0.3, -0.25) is 10.1 Å². The Balaban J connectivity index is 1.46. The zero-order valence-corrected chi connectivity index (χ0v) is 16.2. The summed E-state index contributed by atoms with van der Waals surface area (Å²) >= 11 is 0. The summed E-state index contributed by atoms with van der Waals surface area (Å²) in [7, 11) is 1.67. The second kappa shape index (κ2) is 10.1. The molecule has 2 heterocycles. The fourth-order valence-corrected chi connectivity index (χ4v) is 2.66. The van der Waals surface area contributed by atoms with Gasteiger partial charge in [0.2, 0.25) is 5.82 Å². The van der Waals surface area contributed by atoms with E-state index in [4.69, 9.17) is 9.15 Å². The quantitative estimate of drug-likeness (QED) is 0.388. The van der Waals surface area contributed by atoms with E-state index >= 15 is 0 Å². The number of aromatic nitrogens is 3. The highest BCUT2D eigenvalue weighted by Gasteiger charge is 2.08. The highest BCUT2D eigenvalue weighted by molar-refractivity contribution is 5.79. The van der Waals surface area contributed by atoms with Crippen molar-refractivity contribution in [2.75, 3.05) is 26.7 Å². The van der Waals surface area contributed by atoms with Gasteiger partial charge >= 0.3 is 0 Å². The highest BCUT2D eigenvalue weighted by Crippen LogP contribution is 2.14. The van der Waals surface area contributed by atoms with Crippen molar-refractivity contribution in [2.45, 2.75) is 19.8 Å². The summed E-state index contributed by atoms with van der Waals surface area (Å²) in [6.07, 6.45) is 3.18. The lowest BCUT2D eigenvalue weighted by Crippen LogP contribution is -2.38. The minimum Gasteiger partial charge on any atom is -0.497 e. The number of aromatic amines is 1. The van der Waals surface area contributed by atoms with Crippen molar-refractivity contribution < 1.29 is 9.15 Å². The maximum Gasteiger partial charge on any atom is 0.216 e. The third-order valence-corrected chi connectivity index (χ3v) is 4.10. The lowest BCUT2D eigenvalue weighted by molar-refractivity contribution is 0.414. The molecular weight excluding hydrogens is 356 g/mol. The first-order valence-electron chi connectivity index (χ1n) is 9.38.